The topological polar surface area (TPSA) is 43.8 Å². The minimum Gasteiger partial charge on any atom is -0.465 e. The Bertz CT molecular complexity index is 413. The first-order valence-electron chi connectivity index (χ1n) is 3.46. The fourth-order valence-corrected chi connectivity index (χ4v) is 1.10. The van der Waals surface area contributed by atoms with Crippen LogP contribution in [0.1, 0.15) is 10.4 Å². The van der Waals surface area contributed by atoms with Crippen molar-refractivity contribution in [3.05, 3.63) is 30.2 Å². The van der Waals surface area contributed by atoms with Crippen LogP contribution < -0.4 is 0 Å². The highest BCUT2D eigenvalue weighted by molar-refractivity contribution is 5.96. The van der Waals surface area contributed by atoms with Gasteiger partial charge in [0.15, 0.2) is 0 Å². The Morgan fingerprint density at radius 3 is 3.25 bits per heavy atom. The Hall–Kier alpha value is -1.71. The lowest BCUT2D eigenvalue weighted by atomic mass is 10.3. The van der Waals surface area contributed by atoms with Crippen molar-refractivity contribution in [3.8, 4) is 0 Å². The van der Waals surface area contributed by atoms with Gasteiger partial charge in [-0.05, 0) is 12.1 Å². The van der Waals surface area contributed by atoms with E-state index in [1.807, 2.05) is 0 Å². The van der Waals surface area contributed by atoms with E-state index in [2.05, 4.69) is 4.74 Å². The van der Waals surface area contributed by atoms with Crippen molar-refractivity contribution in [2.75, 3.05) is 7.11 Å². The van der Waals surface area contributed by atoms with E-state index in [4.69, 9.17) is 4.52 Å². The van der Waals surface area contributed by atoms with E-state index in [0.29, 0.717) is 5.56 Å². The second-order valence-corrected chi connectivity index (χ2v) is 2.35. The van der Waals surface area contributed by atoms with Gasteiger partial charge in [0.05, 0.1) is 12.6 Å². The molecule has 0 bridgehead atoms. The molecule has 12 heavy (non-hydrogen) atoms. The van der Waals surface area contributed by atoms with E-state index in [-0.39, 0.29) is 5.97 Å². The fourth-order valence-electron chi connectivity index (χ4n) is 1.10. The minimum atomic E-state index is -0.382. The first-order chi connectivity index (χ1) is 5.83. The predicted molar refractivity (Wildman–Crippen MR) is 41.0 cm³/mol. The average molecular weight is 165 g/mol. The van der Waals surface area contributed by atoms with Gasteiger partial charge in [0.25, 0.3) is 0 Å². The number of fused-ring (bicyclic) bond motifs is 1. The molecule has 0 saturated heterocycles. The van der Waals surface area contributed by atoms with E-state index in [0.717, 1.165) is 5.52 Å². The first kappa shape index (κ1) is 6.97. The van der Waals surface area contributed by atoms with Crippen molar-refractivity contribution < 1.29 is 14.1 Å². The third kappa shape index (κ3) is 0.812. The lowest BCUT2D eigenvalue weighted by Gasteiger charge is -1.91. The Morgan fingerprint density at radius 1 is 1.67 bits per heavy atom. The van der Waals surface area contributed by atoms with Gasteiger partial charge >= 0.3 is 5.97 Å². The SMILES string of the molecule is COC(=O)c1con2cccc12. The van der Waals surface area contributed by atoms with Crippen molar-refractivity contribution in [2.45, 2.75) is 0 Å². The molecule has 0 unspecified atom stereocenters. The summed E-state index contributed by atoms with van der Waals surface area (Å²) in [6, 6.07) is 3.58. The van der Waals surface area contributed by atoms with E-state index >= 15 is 0 Å². The van der Waals surface area contributed by atoms with Crippen molar-refractivity contribution in [1.29, 1.82) is 0 Å². The van der Waals surface area contributed by atoms with Crippen molar-refractivity contribution in [1.82, 2.24) is 4.57 Å². The Balaban J connectivity index is 2.61. The maximum atomic E-state index is 11.1. The smallest absolute Gasteiger partial charge is 0.343 e. The van der Waals surface area contributed by atoms with Gasteiger partial charge < -0.3 is 9.26 Å². The van der Waals surface area contributed by atoms with Gasteiger partial charge in [0, 0.05) is 6.20 Å². The molecule has 4 nitrogen and oxygen atoms in total. The van der Waals surface area contributed by atoms with Crippen LogP contribution in [0.3, 0.4) is 0 Å². The largest absolute Gasteiger partial charge is 0.465 e. The number of carbonyl (C=O) groups is 1. The van der Waals surface area contributed by atoms with Gasteiger partial charge in [0.2, 0.25) is 0 Å². The minimum absolute atomic E-state index is 0.382. The summed E-state index contributed by atoms with van der Waals surface area (Å²) in [4.78, 5) is 11.1. The van der Waals surface area contributed by atoms with Gasteiger partial charge in [-0.1, -0.05) is 0 Å². The zero-order chi connectivity index (χ0) is 8.55. The number of aromatic nitrogens is 1. The monoisotopic (exact) mass is 165 g/mol. The molecule has 2 heterocycles. The Labute approximate surface area is 68.3 Å². The molecule has 0 saturated carbocycles. The second kappa shape index (κ2) is 2.41. The van der Waals surface area contributed by atoms with Gasteiger partial charge in [-0.25, -0.2) is 4.79 Å². The fraction of sp³-hybridized carbons (Fsp3) is 0.125. The van der Waals surface area contributed by atoms with Gasteiger partial charge in [0.1, 0.15) is 11.8 Å². The summed E-state index contributed by atoms with van der Waals surface area (Å²) in [7, 11) is 1.34. The summed E-state index contributed by atoms with van der Waals surface area (Å²) in [6.07, 6.45) is 3.10. The highest BCUT2D eigenvalue weighted by Gasteiger charge is 2.12. The van der Waals surface area contributed by atoms with Crippen LogP contribution in [0.25, 0.3) is 5.52 Å². The maximum Gasteiger partial charge on any atom is 0.343 e. The van der Waals surface area contributed by atoms with Crippen LogP contribution in [0.15, 0.2) is 29.1 Å². The number of rotatable bonds is 1. The van der Waals surface area contributed by atoms with Crippen LogP contribution in [-0.4, -0.2) is 17.7 Å². The summed E-state index contributed by atoms with van der Waals surface area (Å²) in [5.74, 6) is -0.382. The van der Waals surface area contributed by atoms with Crippen LogP contribution in [0.4, 0.5) is 0 Å². The lowest BCUT2D eigenvalue weighted by molar-refractivity contribution is 0.0602. The summed E-state index contributed by atoms with van der Waals surface area (Å²) < 4.78 is 11.1. The molecule has 0 spiro atoms. The first-order valence-corrected chi connectivity index (χ1v) is 3.46. The van der Waals surface area contributed by atoms with Crippen LogP contribution in [0, 0.1) is 0 Å². The normalized spacial score (nSPS) is 10.4. The third-order valence-electron chi connectivity index (χ3n) is 1.68. The van der Waals surface area contributed by atoms with E-state index in [9.17, 15) is 4.79 Å². The zero-order valence-electron chi connectivity index (χ0n) is 6.48. The molecule has 0 N–H and O–H groups in total. The Morgan fingerprint density at radius 2 is 2.50 bits per heavy atom. The molecule has 62 valence electrons. The zero-order valence-corrected chi connectivity index (χ0v) is 6.48. The van der Waals surface area contributed by atoms with Crippen LogP contribution in [0.2, 0.25) is 0 Å². The molecule has 2 aromatic rings. The average Bonchev–Trinajstić information content (AvgIpc) is 2.62. The van der Waals surface area contributed by atoms with Crippen molar-refractivity contribution in [3.63, 3.8) is 0 Å². The molecule has 4 heteroatoms. The van der Waals surface area contributed by atoms with Gasteiger partial charge in [-0.2, -0.15) is 4.57 Å². The molecule has 0 amide bonds. The molecule has 0 aliphatic carbocycles. The highest BCUT2D eigenvalue weighted by Crippen LogP contribution is 2.13. The number of hydrogen-bond acceptors (Lipinski definition) is 3. The van der Waals surface area contributed by atoms with Crippen LogP contribution in [0.5, 0.6) is 0 Å². The molecule has 0 aromatic carbocycles. The second-order valence-electron chi connectivity index (χ2n) is 2.35. The van der Waals surface area contributed by atoms with E-state index in [1.54, 1.807) is 18.3 Å². The molecule has 0 aliphatic rings. The molecular weight excluding hydrogens is 158 g/mol. The Kier molecular flexibility index (Phi) is 1.40. The standard InChI is InChI=1S/C8H7NO3/c1-11-8(10)6-5-12-9-4-2-3-7(6)9/h2-5H,1H3. The maximum absolute atomic E-state index is 11.1. The number of methoxy groups -OCH3 is 1. The molecule has 0 fully saturated rings. The summed E-state index contributed by atoms with van der Waals surface area (Å²) in [5, 5.41) is 0. The lowest BCUT2D eigenvalue weighted by Crippen LogP contribution is -1.99. The van der Waals surface area contributed by atoms with E-state index in [1.165, 1.54) is 17.9 Å². The molecule has 0 aliphatic heterocycles. The van der Waals surface area contributed by atoms with Crippen LogP contribution in [-0.2, 0) is 4.74 Å². The highest BCUT2D eigenvalue weighted by atomic mass is 16.5. The molecule has 0 atom stereocenters. The van der Waals surface area contributed by atoms with Crippen LogP contribution >= 0.6 is 0 Å². The predicted octanol–water partition coefficient (Wildman–Crippen LogP) is 1.32. The molecular formula is C8H7NO3. The van der Waals surface area contributed by atoms with Crippen molar-refractivity contribution in [2.24, 2.45) is 0 Å². The molecule has 2 rings (SSSR count). The third-order valence-corrected chi connectivity index (χ3v) is 1.68. The number of esters is 1. The quantitative estimate of drug-likeness (QED) is 0.598. The molecule has 2 aromatic heterocycles. The van der Waals surface area contributed by atoms with Gasteiger partial charge in [-0.3, -0.25) is 0 Å². The molecule has 0 radical (unpaired) electrons. The summed E-state index contributed by atoms with van der Waals surface area (Å²) in [5.41, 5.74) is 1.17. The van der Waals surface area contributed by atoms with Gasteiger partial charge in [-0.15, -0.1) is 0 Å². The number of ether oxygens (including phenoxy) is 1. The van der Waals surface area contributed by atoms with Crippen molar-refractivity contribution >= 4 is 11.5 Å². The number of nitrogens with zero attached hydrogens (tertiary/aromatic N) is 1. The number of hydrogen-bond donors (Lipinski definition) is 0. The van der Waals surface area contributed by atoms with E-state index < -0.39 is 0 Å². The number of carbonyl (C=O) groups excluding carboxylic acids is 1. The summed E-state index contributed by atoms with van der Waals surface area (Å²) >= 11 is 0. The summed E-state index contributed by atoms with van der Waals surface area (Å²) in [6.45, 7) is 0.